The van der Waals surface area contributed by atoms with Gasteiger partial charge in [-0.2, -0.15) is 0 Å². The standard InChI is InChI=1S/C17H8Cl4N2O3S/c18-10-3-1-8(5-12(10)20)22-17-23(9-2-4-11(19)13(21)6-9)16(26)14(27-17)7-15(24)25/h1-7H,(H,24,25). The molecule has 0 unspecified atom stereocenters. The number of thioether (sulfide) groups is 1. The number of hydrogen-bond donors (Lipinski definition) is 1. The third-order valence-corrected chi connectivity index (χ3v) is 5.80. The summed E-state index contributed by atoms with van der Waals surface area (Å²) in [6.45, 7) is 0. The van der Waals surface area contributed by atoms with E-state index in [1.54, 1.807) is 18.2 Å². The summed E-state index contributed by atoms with van der Waals surface area (Å²) in [7, 11) is 0. The number of amidine groups is 1. The number of hydrogen-bond acceptors (Lipinski definition) is 4. The first-order valence-corrected chi connectivity index (χ1v) is 9.55. The number of carbonyl (C=O) groups excluding carboxylic acids is 1. The molecule has 2 aromatic carbocycles. The highest BCUT2D eigenvalue weighted by Gasteiger charge is 2.35. The minimum Gasteiger partial charge on any atom is -0.478 e. The summed E-state index contributed by atoms with van der Waals surface area (Å²) in [5.41, 5.74) is 0.843. The van der Waals surface area contributed by atoms with Crippen LogP contribution < -0.4 is 4.90 Å². The minimum absolute atomic E-state index is 0.00684. The van der Waals surface area contributed by atoms with Gasteiger partial charge in [0.2, 0.25) is 0 Å². The second kappa shape index (κ2) is 8.12. The van der Waals surface area contributed by atoms with Gasteiger partial charge in [0.15, 0.2) is 5.17 Å². The molecule has 1 N–H and O–H groups in total. The number of anilines is 1. The predicted octanol–water partition coefficient (Wildman–Crippen LogP) is 6.04. The molecule has 0 bridgehead atoms. The van der Waals surface area contributed by atoms with E-state index < -0.39 is 11.9 Å². The summed E-state index contributed by atoms with van der Waals surface area (Å²) >= 11 is 24.8. The molecule has 1 amide bonds. The highest BCUT2D eigenvalue weighted by molar-refractivity contribution is 8.19. The van der Waals surface area contributed by atoms with Crippen LogP contribution in [0.1, 0.15) is 0 Å². The van der Waals surface area contributed by atoms with E-state index in [-0.39, 0.29) is 15.1 Å². The quantitative estimate of drug-likeness (QED) is 0.566. The Bertz CT molecular complexity index is 1020. The topological polar surface area (TPSA) is 70.0 Å². The van der Waals surface area contributed by atoms with Crippen molar-refractivity contribution in [2.45, 2.75) is 0 Å². The summed E-state index contributed by atoms with van der Waals surface area (Å²) in [5.74, 6) is -1.78. The van der Waals surface area contributed by atoms with Crippen LogP contribution in [0, 0.1) is 0 Å². The molecule has 27 heavy (non-hydrogen) atoms. The van der Waals surface area contributed by atoms with Gasteiger partial charge >= 0.3 is 5.97 Å². The van der Waals surface area contributed by atoms with Crippen LogP contribution in [0.2, 0.25) is 20.1 Å². The van der Waals surface area contributed by atoms with Gasteiger partial charge in [-0.05, 0) is 48.2 Å². The Balaban J connectivity index is 2.11. The van der Waals surface area contributed by atoms with Crippen molar-refractivity contribution in [3.05, 3.63) is 67.5 Å². The van der Waals surface area contributed by atoms with Crippen molar-refractivity contribution >= 4 is 86.6 Å². The van der Waals surface area contributed by atoms with E-state index in [1.165, 1.54) is 23.1 Å². The van der Waals surface area contributed by atoms with Crippen LogP contribution in [0.25, 0.3) is 0 Å². The normalized spacial score (nSPS) is 17.2. The first-order chi connectivity index (χ1) is 12.8. The third kappa shape index (κ3) is 4.42. The summed E-state index contributed by atoms with van der Waals surface area (Å²) in [4.78, 5) is 29.4. The lowest BCUT2D eigenvalue weighted by atomic mass is 10.3. The molecule has 3 rings (SSSR count). The summed E-state index contributed by atoms with van der Waals surface area (Å²) in [5, 5.41) is 10.5. The highest BCUT2D eigenvalue weighted by atomic mass is 35.5. The molecule has 0 radical (unpaired) electrons. The molecule has 0 aliphatic carbocycles. The lowest BCUT2D eigenvalue weighted by Crippen LogP contribution is -2.28. The van der Waals surface area contributed by atoms with Gasteiger partial charge < -0.3 is 5.11 Å². The van der Waals surface area contributed by atoms with Crippen molar-refractivity contribution in [3.63, 3.8) is 0 Å². The molecule has 2 aromatic rings. The Labute approximate surface area is 178 Å². The number of carboxylic acid groups (broad SMARTS) is 1. The monoisotopic (exact) mass is 460 g/mol. The maximum absolute atomic E-state index is 12.7. The van der Waals surface area contributed by atoms with E-state index in [0.717, 1.165) is 17.8 Å². The van der Waals surface area contributed by atoms with Crippen molar-refractivity contribution in [1.82, 2.24) is 0 Å². The van der Waals surface area contributed by atoms with Gasteiger partial charge in [0.1, 0.15) is 0 Å². The molecule has 1 heterocycles. The molecule has 0 aromatic heterocycles. The number of amides is 1. The van der Waals surface area contributed by atoms with E-state index in [0.29, 0.717) is 26.4 Å². The van der Waals surface area contributed by atoms with Crippen LogP contribution in [-0.2, 0) is 9.59 Å². The van der Waals surface area contributed by atoms with Crippen molar-refractivity contribution in [3.8, 4) is 0 Å². The van der Waals surface area contributed by atoms with Gasteiger partial charge in [-0.1, -0.05) is 46.4 Å². The van der Waals surface area contributed by atoms with E-state index in [9.17, 15) is 9.59 Å². The number of aliphatic imine (C=N–C) groups is 1. The maximum Gasteiger partial charge on any atom is 0.329 e. The molecule has 1 aliphatic rings. The van der Waals surface area contributed by atoms with Crippen LogP contribution in [0.4, 0.5) is 11.4 Å². The van der Waals surface area contributed by atoms with Crippen LogP contribution in [0.15, 0.2) is 52.4 Å². The molecule has 0 saturated carbocycles. The highest BCUT2D eigenvalue weighted by Crippen LogP contribution is 2.38. The first kappa shape index (κ1) is 20.0. The minimum atomic E-state index is -1.24. The van der Waals surface area contributed by atoms with Crippen molar-refractivity contribution in [1.29, 1.82) is 0 Å². The Kier molecular flexibility index (Phi) is 6.03. The average molecular weight is 462 g/mol. The number of aliphatic carboxylic acids is 1. The van der Waals surface area contributed by atoms with E-state index >= 15 is 0 Å². The van der Waals surface area contributed by atoms with Crippen molar-refractivity contribution in [2.24, 2.45) is 4.99 Å². The Morgan fingerprint density at radius 3 is 2.22 bits per heavy atom. The van der Waals surface area contributed by atoms with Crippen LogP contribution in [0.5, 0.6) is 0 Å². The van der Waals surface area contributed by atoms with Crippen LogP contribution in [0.3, 0.4) is 0 Å². The first-order valence-electron chi connectivity index (χ1n) is 7.22. The van der Waals surface area contributed by atoms with Crippen LogP contribution in [-0.4, -0.2) is 22.2 Å². The van der Waals surface area contributed by atoms with Gasteiger partial charge in [0, 0.05) is 6.08 Å². The number of nitrogens with zero attached hydrogens (tertiary/aromatic N) is 2. The summed E-state index contributed by atoms with van der Waals surface area (Å²) < 4.78 is 0. The molecule has 1 aliphatic heterocycles. The van der Waals surface area contributed by atoms with Gasteiger partial charge in [0.25, 0.3) is 5.91 Å². The predicted molar refractivity (Wildman–Crippen MR) is 111 cm³/mol. The van der Waals surface area contributed by atoms with E-state index in [1.807, 2.05) is 0 Å². The third-order valence-electron chi connectivity index (χ3n) is 3.35. The molecule has 138 valence electrons. The molecule has 0 atom stereocenters. The maximum atomic E-state index is 12.7. The molecule has 5 nitrogen and oxygen atoms in total. The zero-order valence-corrected chi connectivity index (χ0v) is 17.0. The average Bonchev–Trinajstić information content (AvgIpc) is 2.88. The fraction of sp³-hybridized carbons (Fsp3) is 0. The number of rotatable bonds is 3. The molecule has 0 spiro atoms. The van der Waals surface area contributed by atoms with Gasteiger partial charge in [-0.15, -0.1) is 0 Å². The zero-order chi connectivity index (χ0) is 19.7. The lowest BCUT2D eigenvalue weighted by Gasteiger charge is -2.16. The van der Waals surface area contributed by atoms with Crippen molar-refractivity contribution < 1.29 is 14.7 Å². The molecule has 10 heteroatoms. The summed E-state index contributed by atoms with van der Waals surface area (Å²) in [6.07, 6.45) is 0.828. The van der Waals surface area contributed by atoms with E-state index in [2.05, 4.69) is 4.99 Å². The molecule has 1 saturated heterocycles. The second-order valence-electron chi connectivity index (χ2n) is 5.18. The Hall–Kier alpha value is -1.70. The number of benzene rings is 2. The Morgan fingerprint density at radius 1 is 1.00 bits per heavy atom. The number of carboxylic acids is 1. The zero-order valence-electron chi connectivity index (χ0n) is 13.1. The largest absolute Gasteiger partial charge is 0.478 e. The van der Waals surface area contributed by atoms with Gasteiger partial charge in [-0.25, -0.2) is 9.79 Å². The second-order valence-corrected chi connectivity index (χ2v) is 7.82. The number of carbonyl (C=O) groups is 2. The lowest BCUT2D eigenvalue weighted by molar-refractivity contribution is -0.131. The smallest absolute Gasteiger partial charge is 0.329 e. The fourth-order valence-corrected chi connectivity index (χ4v) is 3.73. The Morgan fingerprint density at radius 2 is 1.63 bits per heavy atom. The fourth-order valence-electron chi connectivity index (χ4n) is 2.18. The van der Waals surface area contributed by atoms with Gasteiger partial charge in [0.05, 0.1) is 36.4 Å². The molecule has 1 fully saturated rings. The number of halogens is 4. The molecular weight excluding hydrogens is 454 g/mol. The van der Waals surface area contributed by atoms with Crippen LogP contribution >= 0.6 is 58.2 Å². The van der Waals surface area contributed by atoms with Crippen molar-refractivity contribution in [2.75, 3.05) is 4.90 Å². The summed E-state index contributed by atoms with van der Waals surface area (Å²) in [6, 6.07) is 9.35. The van der Waals surface area contributed by atoms with Gasteiger partial charge in [-0.3, -0.25) is 9.69 Å². The van der Waals surface area contributed by atoms with E-state index in [4.69, 9.17) is 51.5 Å². The SMILES string of the molecule is O=C(O)C=C1SC(=Nc2ccc(Cl)c(Cl)c2)N(c2ccc(Cl)c(Cl)c2)C1=O. The molecular formula is C17H8Cl4N2O3S.